The van der Waals surface area contributed by atoms with Crippen LogP contribution in [0, 0.1) is 6.92 Å². The molecule has 1 heterocycles. The molecular weight excluding hydrogens is 186 g/mol. The van der Waals surface area contributed by atoms with E-state index in [9.17, 15) is 0 Å². The highest BCUT2D eigenvalue weighted by molar-refractivity contribution is 5.24. The average Bonchev–Trinajstić information content (AvgIpc) is 2.17. The standard InChI is InChI=1S/C13H19NO/c1-10-4-6-11(7-5-10)12-8-14-9-13(2,3)15-12/h4-7,12,14H,8-9H2,1-3H3. The fourth-order valence-electron chi connectivity index (χ4n) is 1.94. The lowest BCUT2D eigenvalue weighted by molar-refractivity contribution is -0.0958. The average molecular weight is 205 g/mol. The van der Waals surface area contributed by atoms with E-state index in [0.717, 1.165) is 13.1 Å². The van der Waals surface area contributed by atoms with Crippen molar-refractivity contribution in [2.24, 2.45) is 0 Å². The van der Waals surface area contributed by atoms with Crippen LogP contribution < -0.4 is 5.32 Å². The molecule has 1 aliphatic rings. The van der Waals surface area contributed by atoms with Gasteiger partial charge in [-0.1, -0.05) is 29.8 Å². The van der Waals surface area contributed by atoms with Crippen LogP contribution in [0.5, 0.6) is 0 Å². The number of hydrogen-bond acceptors (Lipinski definition) is 2. The number of ether oxygens (including phenoxy) is 1. The SMILES string of the molecule is Cc1ccc(C2CNCC(C)(C)O2)cc1. The number of aryl methyl sites for hydroxylation is 1. The van der Waals surface area contributed by atoms with Gasteiger partial charge in [0.2, 0.25) is 0 Å². The molecule has 0 bridgehead atoms. The Morgan fingerprint density at radius 1 is 1.27 bits per heavy atom. The molecule has 2 nitrogen and oxygen atoms in total. The molecule has 0 radical (unpaired) electrons. The van der Waals surface area contributed by atoms with Crippen LogP contribution in [0.1, 0.15) is 31.1 Å². The molecule has 0 amide bonds. The normalized spacial score (nSPS) is 25.1. The van der Waals surface area contributed by atoms with E-state index in [1.165, 1.54) is 11.1 Å². The van der Waals surface area contributed by atoms with Crippen molar-refractivity contribution in [1.29, 1.82) is 0 Å². The molecule has 15 heavy (non-hydrogen) atoms. The van der Waals surface area contributed by atoms with E-state index >= 15 is 0 Å². The fraction of sp³-hybridized carbons (Fsp3) is 0.538. The highest BCUT2D eigenvalue weighted by Crippen LogP contribution is 2.26. The maximum absolute atomic E-state index is 6.04. The molecule has 1 aliphatic heterocycles. The van der Waals surface area contributed by atoms with Gasteiger partial charge in [0.1, 0.15) is 0 Å². The summed E-state index contributed by atoms with van der Waals surface area (Å²) in [6, 6.07) is 8.59. The van der Waals surface area contributed by atoms with E-state index in [-0.39, 0.29) is 11.7 Å². The van der Waals surface area contributed by atoms with Gasteiger partial charge in [-0.3, -0.25) is 0 Å². The van der Waals surface area contributed by atoms with Crippen molar-refractivity contribution < 1.29 is 4.74 Å². The van der Waals surface area contributed by atoms with E-state index in [1.807, 2.05) is 0 Å². The zero-order valence-electron chi connectivity index (χ0n) is 9.71. The molecule has 1 saturated heterocycles. The molecule has 2 heteroatoms. The molecule has 0 aromatic heterocycles. The predicted molar refractivity (Wildman–Crippen MR) is 62.0 cm³/mol. The summed E-state index contributed by atoms with van der Waals surface area (Å²) in [5.74, 6) is 0. The van der Waals surface area contributed by atoms with Gasteiger partial charge >= 0.3 is 0 Å². The number of hydrogen-bond donors (Lipinski definition) is 1. The Bertz CT molecular complexity index is 329. The Morgan fingerprint density at radius 2 is 1.93 bits per heavy atom. The predicted octanol–water partition coefficient (Wildman–Crippen LogP) is 2.43. The third kappa shape index (κ3) is 2.58. The summed E-state index contributed by atoms with van der Waals surface area (Å²) in [6.07, 6.45) is 0.189. The maximum atomic E-state index is 6.04. The van der Waals surface area contributed by atoms with Crippen molar-refractivity contribution in [2.75, 3.05) is 13.1 Å². The van der Waals surface area contributed by atoms with E-state index in [2.05, 4.69) is 50.4 Å². The Hall–Kier alpha value is -0.860. The molecule has 1 aromatic rings. The van der Waals surface area contributed by atoms with E-state index < -0.39 is 0 Å². The highest BCUT2D eigenvalue weighted by Gasteiger charge is 2.28. The summed E-state index contributed by atoms with van der Waals surface area (Å²) in [4.78, 5) is 0. The third-order valence-electron chi connectivity index (χ3n) is 2.79. The van der Waals surface area contributed by atoms with E-state index in [4.69, 9.17) is 4.74 Å². The van der Waals surface area contributed by atoms with Gasteiger partial charge in [-0.05, 0) is 26.3 Å². The summed E-state index contributed by atoms with van der Waals surface area (Å²) in [6.45, 7) is 8.19. The Kier molecular flexibility index (Phi) is 2.81. The van der Waals surface area contributed by atoms with Gasteiger partial charge in [0.05, 0.1) is 11.7 Å². The number of nitrogens with one attached hydrogen (secondary N) is 1. The molecule has 1 unspecified atom stereocenters. The van der Waals surface area contributed by atoms with Gasteiger partial charge in [-0.15, -0.1) is 0 Å². The van der Waals surface area contributed by atoms with Gasteiger partial charge < -0.3 is 10.1 Å². The first-order valence-electron chi connectivity index (χ1n) is 5.52. The summed E-state index contributed by atoms with van der Waals surface area (Å²) in [5, 5.41) is 3.41. The van der Waals surface area contributed by atoms with Crippen LogP contribution in [0.4, 0.5) is 0 Å². The summed E-state index contributed by atoms with van der Waals surface area (Å²) < 4.78 is 6.04. The zero-order chi connectivity index (χ0) is 10.9. The van der Waals surface area contributed by atoms with Crippen LogP contribution in [0.15, 0.2) is 24.3 Å². The second kappa shape index (κ2) is 3.95. The first kappa shape index (κ1) is 10.7. The van der Waals surface area contributed by atoms with Crippen LogP contribution in [0.25, 0.3) is 0 Å². The Morgan fingerprint density at radius 3 is 2.53 bits per heavy atom. The molecule has 0 spiro atoms. The quantitative estimate of drug-likeness (QED) is 0.760. The fourth-order valence-corrected chi connectivity index (χ4v) is 1.94. The van der Waals surface area contributed by atoms with Crippen LogP contribution in [0.3, 0.4) is 0 Å². The van der Waals surface area contributed by atoms with Gasteiger partial charge in [0.25, 0.3) is 0 Å². The van der Waals surface area contributed by atoms with Crippen molar-refractivity contribution in [3.05, 3.63) is 35.4 Å². The van der Waals surface area contributed by atoms with E-state index in [1.54, 1.807) is 0 Å². The van der Waals surface area contributed by atoms with Crippen molar-refractivity contribution >= 4 is 0 Å². The van der Waals surface area contributed by atoms with Gasteiger partial charge in [-0.25, -0.2) is 0 Å². The minimum atomic E-state index is -0.0617. The second-order valence-corrected chi connectivity index (χ2v) is 4.91. The van der Waals surface area contributed by atoms with Crippen LogP contribution in [0.2, 0.25) is 0 Å². The molecule has 82 valence electrons. The zero-order valence-corrected chi connectivity index (χ0v) is 9.71. The summed E-state index contributed by atoms with van der Waals surface area (Å²) in [7, 11) is 0. The van der Waals surface area contributed by atoms with Crippen LogP contribution in [-0.2, 0) is 4.74 Å². The first-order chi connectivity index (χ1) is 7.07. The lowest BCUT2D eigenvalue weighted by Gasteiger charge is -2.36. The number of rotatable bonds is 1. The number of benzene rings is 1. The Balaban J connectivity index is 2.13. The van der Waals surface area contributed by atoms with Crippen molar-refractivity contribution in [1.82, 2.24) is 5.32 Å². The van der Waals surface area contributed by atoms with Gasteiger partial charge in [0, 0.05) is 13.1 Å². The molecule has 0 aliphatic carbocycles. The van der Waals surface area contributed by atoms with Crippen LogP contribution in [-0.4, -0.2) is 18.7 Å². The molecular formula is C13H19NO. The maximum Gasteiger partial charge on any atom is 0.0957 e. The first-order valence-corrected chi connectivity index (χ1v) is 5.52. The summed E-state index contributed by atoms with van der Waals surface area (Å²) >= 11 is 0. The summed E-state index contributed by atoms with van der Waals surface area (Å²) in [5.41, 5.74) is 2.50. The highest BCUT2D eigenvalue weighted by atomic mass is 16.5. The van der Waals surface area contributed by atoms with Crippen molar-refractivity contribution in [3.63, 3.8) is 0 Å². The largest absolute Gasteiger partial charge is 0.365 e. The van der Waals surface area contributed by atoms with Gasteiger partial charge in [-0.2, -0.15) is 0 Å². The topological polar surface area (TPSA) is 21.3 Å². The lowest BCUT2D eigenvalue weighted by atomic mass is 10.0. The lowest BCUT2D eigenvalue weighted by Crippen LogP contribution is -2.46. The van der Waals surface area contributed by atoms with Crippen molar-refractivity contribution in [3.8, 4) is 0 Å². The molecule has 1 fully saturated rings. The molecule has 2 rings (SSSR count). The number of morpholine rings is 1. The van der Waals surface area contributed by atoms with Gasteiger partial charge in [0.15, 0.2) is 0 Å². The Labute approximate surface area is 91.6 Å². The minimum absolute atomic E-state index is 0.0617. The molecule has 1 N–H and O–H groups in total. The monoisotopic (exact) mass is 205 g/mol. The molecule has 1 atom stereocenters. The van der Waals surface area contributed by atoms with Crippen molar-refractivity contribution in [2.45, 2.75) is 32.5 Å². The molecule has 1 aromatic carbocycles. The van der Waals surface area contributed by atoms with Crippen LogP contribution >= 0.6 is 0 Å². The minimum Gasteiger partial charge on any atom is -0.365 e. The smallest absolute Gasteiger partial charge is 0.0957 e. The second-order valence-electron chi connectivity index (χ2n) is 4.91. The van der Waals surface area contributed by atoms with E-state index in [0.29, 0.717) is 0 Å². The molecule has 0 saturated carbocycles. The third-order valence-corrected chi connectivity index (χ3v) is 2.79.